The van der Waals surface area contributed by atoms with Gasteiger partial charge in [0, 0.05) is 6.42 Å². The van der Waals surface area contributed by atoms with Gasteiger partial charge in [0.1, 0.15) is 0 Å². The lowest BCUT2D eigenvalue weighted by atomic mass is 9.47. The average molecular weight is 304 g/mol. The fourth-order valence-electron chi connectivity index (χ4n) is 4.83. The molecule has 4 atom stereocenters. The predicted molar refractivity (Wildman–Crippen MR) is 91.6 cm³/mol. The van der Waals surface area contributed by atoms with Crippen LogP contribution < -0.4 is 0 Å². The largest absolute Gasteiger partial charge is 0.392 e. The van der Waals surface area contributed by atoms with Crippen LogP contribution in [-0.2, 0) is 4.79 Å². The molecule has 2 aliphatic carbocycles. The second kappa shape index (κ2) is 6.31. The van der Waals surface area contributed by atoms with E-state index in [9.17, 15) is 4.79 Å². The molecule has 0 aromatic carbocycles. The van der Waals surface area contributed by atoms with Crippen molar-refractivity contribution in [3.8, 4) is 0 Å². The molecular formula is C20H32O2. The minimum absolute atomic E-state index is 0.125. The van der Waals surface area contributed by atoms with Gasteiger partial charge in [0.2, 0.25) is 0 Å². The van der Waals surface area contributed by atoms with Crippen LogP contribution in [0.15, 0.2) is 23.3 Å². The van der Waals surface area contributed by atoms with E-state index in [1.165, 1.54) is 24.0 Å². The SMILES string of the molecule is CC(=CCO)CC[C@@]1(C)C(C)CC[C@@]2(C)C(C)=CC(=O)C[C@H]21. The van der Waals surface area contributed by atoms with Gasteiger partial charge in [-0.3, -0.25) is 4.79 Å². The van der Waals surface area contributed by atoms with Crippen molar-refractivity contribution in [2.24, 2.45) is 22.7 Å². The molecule has 2 aliphatic rings. The number of aliphatic hydroxyl groups is 1. The van der Waals surface area contributed by atoms with E-state index in [1.807, 2.05) is 12.2 Å². The zero-order valence-electron chi connectivity index (χ0n) is 14.9. The first-order valence-electron chi connectivity index (χ1n) is 8.72. The number of hydrogen-bond donors (Lipinski definition) is 1. The molecule has 2 heteroatoms. The van der Waals surface area contributed by atoms with Gasteiger partial charge in [-0.05, 0) is 68.3 Å². The van der Waals surface area contributed by atoms with Crippen molar-refractivity contribution in [2.75, 3.05) is 6.61 Å². The Bertz CT molecular complexity index is 502. The highest BCUT2D eigenvalue weighted by Crippen LogP contribution is 2.61. The van der Waals surface area contributed by atoms with Crippen LogP contribution in [0, 0.1) is 22.7 Å². The molecule has 2 rings (SSSR count). The fourth-order valence-corrected chi connectivity index (χ4v) is 4.83. The number of hydrogen-bond acceptors (Lipinski definition) is 2. The summed E-state index contributed by atoms with van der Waals surface area (Å²) >= 11 is 0. The number of carbonyl (C=O) groups excluding carboxylic acids is 1. The van der Waals surface area contributed by atoms with E-state index in [0.29, 0.717) is 24.0 Å². The molecule has 1 unspecified atom stereocenters. The third-order valence-electron chi connectivity index (χ3n) is 6.97. The second-order valence-electron chi connectivity index (χ2n) is 8.15. The van der Waals surface area contributed by atoms with Gasteiger partial charge in [-0.1, -0.05) is 38.0 Å². The molecule has 0 radical (unpaired) electrons. The number of carbonyl (C=O) groups is 1. The van der Waals surface area contributed by atoms with Gasteiger partial charge in [-0.25, -0.2) is 0 Å². The summed E-state index contributed by atoms with van der Waals surface area (Å²) < 4.78 is 0. The minimum atomic E-state index is 0.125. The normalized spacial score (nSPS) is 39.5. The van der Waals surface area contributed by atoms with E-state index in [2.05, 4.69) is 34.6 Å². The van der Waals surface area contributed by atoms with E-state index in [0.717, 1.165) is 12.8 Å². The van der Waals surface area contributed by atoms with Crippen molar-refractivity contribution < 1.29 is 9.90 Å². The van der Waals surface area contributed by atoms with E-state index < -0.39 is 0 Å². The van der Waals surface area contributed by atoms with Crippen molar-refractivity contribution in [3.63, 3.8) is 0 Å². The molecule has 22 heavy (non-hydrogen) atoms. The van der Waals surface area contributed by atoms with Crippen LogP contribution in [0.4, 0.5) is 0 Å². The third kappa shape index (κ3) is 2.95. The summed E-state index contributed by atoms with van der Waals surface area (Å²) in [7, 11) is 0. The molecule has 2 nitrogen and oxygen atoms in total. The standard InChI is InChI=1S/C20H32O2/c1-14(8-11-21)6-9-19(4)15(2)7-10-20(5)16(3)12-17(22)13-18(19)20/h8,12,15,18,21H,6-7,9-11,13H2,1-5H3/t15?,18-,19-,20-/m0/s1. The number of fused-ring (bicyclic) bond motifs is 1. The quantitative estimate of drug-likeness (QED) is 0.765. The minimum Gasteiger partial charge on any atom is -0.392 e. The van der Waals surface area contributed by atoms with Crippen molar-refractivity contribution in [1.29, 1.82) is 0 Å². The van der Waals surface area contributed by atoms with E-state index in [1.54, 1.807) is 0 Å². The first-order valence-corrected chi connectivity index (χ1v) is 8.72. The highest BCUT2D eigenvalue weighted by Gasteiger charge is 2.54. The van der Waals surface area contributed by atoms with Gasteiger partial charge < -0.3 is 5.11 Å². The Kier molecular flexibility index (Phi) is 5.01. The second-order valence-corrected chi connectivity index (χ2v) is 8.15. The van der Waals surface area contributed by atoms with Crippen LogP contribution in [0.25, 0.3) is 0 Å². The first-order chi connectivity index (χ1) is 10.2. The van der Waals surface area contributed by atoms with Crippen molar-refractivity contribution in [1.82, 2.24) is 0 Å². The number of aliphatic hydroxyl groups excluding tert-OH is 1. The van der Waals surface area contributed by atoms with Crippen LogP contribution in [0.1, 0.15) is 66.7 Å². The molecular weight excluding hydrogens is 272 g/mol. The van der Waals surface area contributed by atoms with E-state index >= 15 is 0 Å². The van der Waals surface area contributed by atoms with Crippen LogP contribution >= 0.6 is 0 Å². The highest BCUT2D eigenvalue weighted by molar-refractivity contribution is 5.92. The Hall–Kier alpha value is -0.890. The zero-order chi connectivity index (χ0) is 16.5. The van der Waals surface area contributed by atoms with Crippen LogP contribution in [0.5, 0.6) is 0 Å². The molecule has 0 bridgehead atoms. The lowest BCUT2D eigenvalue weighted by molar-refractivity contribution is -0.123. The molecule has 124 valence electrons. The number of allylic oxidation sites excluding steroid dienone is 3. The van der Waals surface area contributed by atoms with Gasteiger partial charge in [-0.15, -0.1) is 0 Å². The maximum atomic E-state index is 12.2. The molecule has 1 saturated carbocycles. The summed E-state index contributed by atoms with van der Waals surface area (Å²) in [6.45, 7) is 11.5. The van der Waals surface area contributed by atoms with Crippen molar-refractivity contribution in [3.05, 3.63) is 23.3 Å². The van der Waals surface area contributed by atoms with Gasteiger partial charge >= 0.3 is 0 Å². The molecule has 1 N–H and O–H groups in total. The Morgan fingerprint density at radius 2 is 2.14 bits per heavy atom. The maximum absolute atomic E-state index is 12.2. The molecule has 0 aromatic heterocycles. The molecule has 0 heterocycles. The predicted octanol–water partition coefficient (Wildman–Crippen LogP) is 4.68. The number of ketones is 1. The highest BCUT2D eigenvalue weighted by atomic mass is 16.2. The average Bonchev–Trinajstić information content (AvgIpc) is 2.45. The fraction of sp³-hybridized carbons (Fsp3) is 0.750. The van der Waals surface area contributed by atoms with Crippen molar-refractivity contribution >= 4 is 5.78 Å². The lowest BCUT2D eigenvalue weighted by Gasteiger charge is -2.57. The van der Waals surface area contributed by atoms with Crippen LogP contribution in [0.2, 0.25) is 0 Å². The molecule has 0 aromatic rings. The van der Waals surface area contributed by atoms with Gasteiger partial charge in [0.05, 0.1) is 6.61 Å². The lowest BCUT2D eigenvalue weighted by Crippen LogP contribution is -2.50. The summed E-state index contributed by atoms with van der Waals surface area (Å²) in [4.78, 5) is 12.2. The van der Waals surface area contributed by atoms with Crippen molar-refractivity contribution in [2.45, 2.75) is 66.7 Å². The van der Waals surface area contributed by atoms with Gasteiger partial charge in [0.15, 0.2) is 5.78 Å². The summed E-state index contributed by atoms with van der Waals surface area (Å²) in [6, 6.07) is 0. The van der Waals surface area contributed by atoms with E-state index in [4.69, 9.17) is 5.11 Å². The molecule has 0 aliphatic heterocycles. The zero-order valence-corrected chi connectivity index (χ0v) is 14.9. The summed E-state index contributed by atoms with van der Waals surface area (Å²) in [6.07, 6.45) is 9.08. The van der Waals surface area contributed by atoms with Gasteiger partial charge in [0.25, 0.3) is 0 Å². The van der Waals surface area contributed by atoms with Crippen LogP contribution in [-0.4, -0.2) is 17.5 Å². The Labute approximate surface area is 135 Å². The smallest absolute Gasteiger partial charge is 0.155 e. The number of rotatable bonds is 4. The molecule has 0 saturated heterocycles. The maximum Gasteiger partial charge on any atom is 0.155 e. The Balaban J connectivity index is 2.30. The molecule has 1 fully saturated rings. The monoisotopic (exact) mass is 304 g/mol. The first kappa shape index (κ1) is 17.5. The Morgan fingerprint density at radius 1 is 1.45 bits per heavy atom. The Morgan fingerprint density at radius 3 is 2.77 bits per heavy atom. The summed E-state index contributed by atoms with van der Waals surface area (Å²) in [5.74, 6) is 1.40. The summed E-state index contributed by atoms with van der Waals surface area (Å²) in [5, 5.41) is 9.06. The van der Waals surface area contributed by atoms with Crippen LogP contribution in [0.3, 0.4) is 0 Å². The molecule has 0 amide bonds. The topological polar surface area (TPSA) is 37.3 Å². The summed E-state index contributed by atoms with van der Waals surface area (Å²) in [5.41, 5.74) is 2.93. The van der Waals surface area contributed by atoms with E-state index in [-0.39, 0.29) is 17.4 Å². The third-order valence-corrected chi connectivity index (χ3v) is 6.97. The molecule has 0 spiro atoms. The van der Waals surface area contributed by atoms with Gasteiger partial charge in [-0.2, -0.15) is 0 Å².